The molecule has 1 heterocycles. The molecular formula is C20H20ClN3O2S. The summed E-state index contributed by atoms with van der Waals surface area (Å²) in [7, 11) is 1.66. The van der Waals surface area contributed by atoms with E-state index >= 15 is 0 Å². The highest BCUT2D eigenvalue weighted by molar-refractivity contribution is 7.98. The first-order chi connectivity index (χ1) is 13.2. The first kappa shape index (κ1) is 19.3. The van der Waals surface area contributed by atoms with Crippen molar-refractivity contribution in [1.29, 1.82) is 0 Å². The second-order valence-electron chi connectivity index (χ2n) is 5.66. The summed E-state index contributed by atoms with van der Waals surface area (Å²) in [6.07, 6.45) is 1.82. The van der Waals surface area contributed by atoms with Gasteiger partial charge in [-0.1, -0.05) is 53.7 Å². The summed E-state index contributed by atoms with van der Waals surface area (Å²) in [6.45, 7) is 4.71. The number of methoxy groups -OCH3 is 1. The molecule has 0 amide bonds. The molecule has 0 aliphatic heterocycles. The van der Waals surface area contributed by atoms with E-state index in [2.05, 4.69) is 22.8 Å². The van der Waals surface area contributed by atoms with Crippen LogP contribution in [-0.4, -0.2) is 21.9 Å². The van der Waals surface area contributed by atoms with Crippen molar-refractivity contribution in [3.8, 4) is 11.5 Å². The minimum Gasteiger partial charge on any atom is -0.497 e. The van der Waals surface area contributed by atoms with E-state index in [4.69, 9.17) is 21.1 Å². The molecule has 140 valence electrons. The zero-order chi connectivity index (χ0) is 19.1. The molecule has 0 saturated carbocycles. The lowest BCUT2D eigenvalue weighted by Gasteiger charge is -2.10. The maximum atomic E-state index is 6.14. The van der Waals surface area contributed by atoms with Gasteiger partial charge >= 0.3 is 0 Å². The number of hydrogen-bond acceptors (Lipinski definition) is 5. The number of allylic oxidation sites excluding steroid dienone is 1. The summed E-state index contributed by atoms with van der Waals surface area (Å²) in [4.78, 5) is 0. The fourth-order valence-electron chi connectivity index (χ4n) is 2.46. The van der Waals surface area contributed by atoms with Crippen molar-refractivity contribution in [1.82, 2.24) is 14.8 Å². The van der Waals surface area contributed by atoms with Crippen LogP contribution in [0, 0.1) is 0 Å². The SMILES string of the molecule is C=CCn1c(COc2ccccc2Cl)nnc1SCc1cccc(OC)c1. The smallest absolute Gasteiger partial charge is 0.191 e. The molecule has 0 saturated heterocycles. The fraction of sp³-hybridized carbons (Fsp3) is 0.200. The van der Waals surface area contributed by atoms with Gasteiger partial charge in [0.1, 0.15) is 18.1 Å². The quantitative estimate of drug-likeness (QED) is 0.373. The van der Waals surface area contributed by atoms with Crippen molar-refractivity contribution in [3.63, 3.8) is 0 Å². The maximum Gasteiger partial charge on any atom is 0.191 e. The molecule has 0 aliphatic rings. The van der Waals surface area contributed by atoms with Gasteiger partial charge in [0, 0.05) is 12.3 Å². The van der Waals surface area contributed by atoms with E-state index in [1.54, 1.807) is 24.9 Å². The standard InChI is InChI=1S/C20H20ClN3O2S/c1-3-11-24-19(13-26-18-10-5-4-9-17(18)21)22-23-20(24)27-14-15-7-6-8-16(12-15)25-2/h3-10,12H,1,11,13-14H2,2H3. The van der Waals surface area contributed by atoms with Gasteiger partial charge in [-0.25, -0.2) is 0 Å². The van der Waals surface area contributed by atoms with Crippen LogP contribution in [0.1, 0.15) is 11.4 Å². The molecule has 0 unspecified atom stereocenters. The molecule has 0 bridgehead atoms. The summed E-state index contributed by atoms with van der Waals surface area (Å²) < 4.78 is 13.1. The van der Waals surface area contributed by atoms with Crippen LogP contribution in [-0.2, 0) is 18.9 Å². The Morgan fingerprint density at radius 2 is 2.04 bits per heavy atom. The number of benzene rings is 2. The molecule has 3 aromatic rings. The van der Waals surface area contributed by atoms with Crippen molar-refractivity contribution in [2.24, 2.45) is 0 Å². The second kappa shape index (κ2) is 9.48. The van der Waals surface area contributed by atoms with Gasteiger partial charge in [-0.2, -0.15) is 0 Å². The molecule has 0 atom stereocenters. The summed E-state index contributed by atoms with van der Waals surface area (Å²) in [5.74, 6) is 2.95. The molecule has 0 fully saturated rings. The largest absolute Gasteiger partial charge is 0.497 e. The molecule has 1 aromatic heterocycles. The maximum absolute atomic E-state index is 6.14. The van der Waals surface area contributed by atoms with Gasteiger partial charge in [-0.3, -0.25) is 4.57 Å². The minimum absolute atomic E-state index is 0.282. The van der Waals surface area contributed by atoms with E-state index in [0.29, 0.717) is 17.3 Å². The average molecular weight is 402 g/mol. The number of nitrogens with zero attached hydrogens (tertiary/aromatic N) is 3. The first-order valence-electron chi connectivity index (χ1n) is 8.37. The highest BCUT2D eigenvalue weighted by Gasteiger charge is 2.13. The Kier molecular flexibility index (Phi) is 6.79. The molecule has 2 aromatic carbocycles. The third kappa shape index (κ3) is 5.05. The van der Waals surface area contributed by atoms with Crippen LogP contribution < -0.4 is 9.47 Å². The van der Waals surface area contributed by atoms with Crippen LogP contribution in [0.4, 0.5) is 0 Å². The van der Waals surface area contributed by atoms with Crippen molar-refractivity contribution in [2.75, 3.05) is 7.11 Å². The minimum atomic E-state index is 0.282. The highest BCUT2D eigenvalue weighted by Crippen LogP contribution is 2.26. The van der Waals surface area contributed by atoms with Crippen LogP contribution in [0.15, 0.2) is 66.3 Å². The van der Waals surface area contributed by atoms with E-state index in [1.165, 1.54) is 0 Å². The van der Waals surface area contributed by atoms with Gasteiger partial charge in [-0.05, 0) is 29.8 Å². The topological polar surface area (TPSA) is 49.2 Å². The number of ether oxygens (including phenoxy) is 2. The van der Waals surface area contributed by atoms with Crippen molar-refractivity contribution >= 4 is 23.4 Å². The molecule has 27 heavy (non-hydrogen) atoms. The molecule has 0 radical (unpaired) electrons. The summed E-state index contributed by atoms with van der Waals surface area (Å²) in [5.41, 5.74) is 1.15. The third-order valence-corrected chi connectivity index (χ3v) is 5.15. The molecule has 0 N–H and O–H groups in total. The van der Waals surface area contributed by atoms with Crippen LogP contribution >= 0.6 is 23.4 Å². The Labute approximate surface area is 168 Å². The third-order valence-electron chi connectivity index (χ3n) is 3.80. The lowest BCUT2D eigenvalue weighted by molar-refractivity contribution is 0.289. The molecular weight excluding hydrogens is 382 g/mol. The van der Waals surface area contributed by atoms with Gasteiger partial charge in [0.05, 0.1) is 12.1 Å². The van der Waals surface area contributed by atoms with Gasteiger partial charge in [0.25, 0.3) is 0 Å². The second-order valence-corrected chi connectivity index (χ2v) is 7.01. The van der Waals surface area contributed by atoms with E-state index in [9.17, 15) is 0 Å². The zero-order valence-corrected chi connectivity index (χ0v) is 16.5. The Balaban J connectivity index is 1.70. The summed E-state index contributed by atoms with van der Waals surface area (Å²) in [6, 6.07) is 15.3. The van der Waals surface area contributed by atoms with E-state index in [0.717, 1.165) is 28.0 Å². The van der Waals surface area contributed by atoms with Crippen LogP contribution in [0.5, 0.6) is 11.5 Å². The van der Waals surface area contributed by atoms with E-state index in [1.807, 2.05) is 47.0 Å². The molecule has 0 aliphatic carbocycles. The van der Waals surface area contributed by atoms with Gasteiger partial charge < -0.3 is 9.47 Å². The van der Waals surface area contributed by atoms with Crippen molar-refractivity contribution in [3.05, 3.63) is 77.6 Å². The van der Waals surface area contributed by atoms with Crippen molar-refractivity contribution in [2.45, 2.75) is 24.1 Å². The fourth-order valence-corrected chi connectivity index (χ4v) is 3.56. The van der Waals surface area contributed by atoms with Crippen LogP contribution in [0.2, 0.25) is 5.02 Å². The number of halogens is 1. The Hall–Kier alpha value is -2.44. The van der Waals surface area contributed by atoms with E-state index in [-0.39, 0.29) is 6.61 Å². The monoisotopic (exact) mass is 401 g/mol. The van der Waals surface area contributed by atoms with Gasteiger partial charge in [-0.15, -0.1) is 16.8 Å². The zero-order valence-electron chi connectivity index (χ0n) is 15.0. The van der Waals surface area contributed by atoms with Crippen molar-refractivity contribution < 1.29 is 9.47 Å². The number of thioether (sulfide) groups is 1. The predicted molar refractivity (Wildman–Crippen MR) is 109 cm³/mol. The summed E-state index contributed by atoms with van der Waals surface area (Å²) in [5, 5.41) is 9.97. The number of rotatable bonds is 9. The van der Waals surface area contributed by atoms with E-state index < -0.39 is 0 Å². The Bertz CT molecular complexity index is 914. The highest BCUT2D eigenvalue weighted by atomic mass is 35.5. The number of para-hydroxylation sites is 1. The predicted octanol–water partition coefficient (Wildman–Crippen LogP) is 5.00. The Morgan fingerprint density at radius 1 is 1.19 bits per heavy atom. The van der Waals surface area contributed by atoms with Gasteiger partial charge in [0.2, 0.25) is 0 Å². The number of hydrogen-bond donors (Lipinski definition) is 0. The molecule has 7 heteroatoms. The van der Waals surface area contributed by atoms with Crippen LogP contribution in [0.3, 0.4) is 0 Å². The Morgan fingerprint density at radius 3 is 2.81 bits per heavy atom. The lowest BCUT2D eigenvalue weighted by atomic mass is 10.2. The lowest BCUT2D eigenvalue weighted by Crippen LogP contribution is -2.07. The van der Waals surface area contributed by atoms with Crippen LogP contribution in [0.25, 0.3) is 0 Å². The average Bonchev–Trinajstić information content (AvgIpc) is 3.08. The molecule has 0 spiro atoms. The van der Waals surface area contributed by atoms with Gasteiger partial charge in [0.15, 0.2) is 11.0 Å². The molecule has 5 nitrogen and oxygen atoms in total. The molecule has 3 rings (SSSR count). The normalized spacial score (nSPS) is 10.6. The summed E-state index contributed by atoms with van der Waals surface area (Å²) >= 11 is 7.75. The first-order valence-corrected chi connectivity index (χ1v) is 9.73. The number of aromatic nitrogens is 3.